The van der Waals surface area contributed by atoms with Crippen molar-refractivity contribution in [1.82, 2.24) is 14.6 Å². The molecule has 1 amide bonds. The van der Waals surface area contributed by atoms with E-state index in [9.17, 15) is 4.79 Å². The molecule has 0 aliphatic heterocycles. The Bertz CT molecular complexity index is 659. The van der Waals surface area contributed by atoms with Crippen LogP contribution in [0.15, 0.2) is 18.3 Å². The van der Waals surface area contributed by atoms with Crippen molar-refractivity contribution in [3.63, 3.8) is 0 Å². The topological polar surface area (TPSA) is 68.5 Å². The maximum atomic E-state index is 12.6. The highest BCUT2D eigenvalue weighted by molar-refractivity contribution is 5.96. The molecule has 1 N–H and O–H groups in total. The van der Waals surface area contributed by atoms with Gasteiger partial charge in [-0.05, 0) is 37.5 Å². The minimum atomic E-state index is -0.727. The number of fused-ring (bicyclic) bond motifs is 1. The van der Waals surface area contributed by atoms with Gasteiger partial charge in [-0.3, -0.25) is 14.5 Å². The van der Waals surface area contributed by atoms with E-state index in [2.05, 4.69) is 15.5 Å². The molecule has 1 aliphatic rings. The Morgan fingerprint density at radius 3 is 2.81 bits per heavy atom. The number of aryl methyl sites for hydroxylation is 1. The van der Waals surface area contributed by atoms with Crippen LogP contribution in [-0.4, -0.2) is 33.2 Å². The van der Waals surface area contributed by atoms with Crippen LogP contribution in [0, 0.1) is 6.92 Å². The zero-order valence-corrected chi connectivity index (χ0v) is 12.4. The smallest absolute Gasteiger partial charge is 0.258 e. The Morgan fingerprint density at radius 2 is 2.10 bits per heavy atom. The van der Waals surface area contributed by atoms with Gasteiger partial charge in [-0.1, -0.05) is 19.3 Å². The average molecular weight is 288 g/mol. The van der Waals surface area contributed by atoms with E-state index in [1.807, 2.05) is 25.3 Å². The Labute approximate surface area is 123 Å². The molecule has 2 aromatic heterocycles. The first-order valence-corrected chi connectivity index (χ1v) is 7.33. The molecule has 1 fully saturated rings. The second kappa shape index (κ2) is 5.44. The average Bonchev–Trinajstić information content (AvgIpc) is 2.90. The maximum absolute atomic E-state index is 12.6. The summed E-state index contributed by atoms with van der Waals surface area (Å²) >= 11 is 0. The number of aromatic nitrogens is 3. The molecule has 0 atom stereocenters. The minimum absolute atomic E-state index is 0.125. The predicted octanol–water partition coefficient (Wildman–Crippen LogP) is 2.33. The van der Waals surface area contributed by atoms with E-state index < -0.39 is 5.60 Å². The molecule has 0 spiro atoms. The van der Waals surface area contributed by atoms with Gasteiger partial charge in [0.25, 0.3) is 5.91 Å². The second-order valence-electron chi connectivity index (χ2n) is 5.67. The maximum Gasteiger partial charge on any atom is 0.258 e. The number of pyridine rings is 1. The number of methoxy groups -OCH3 is 1. The highest BCUT2D eigenvalue weighted by Gasteiger charge is 2.40. The van der Waals surface area contributed by atoms with Crippen LogP contribution in [0.3, 0.4) is 0 Å². The molecule has 0 bridgehead atoms. The van der Waals surface area contributed by atoms with Crippen LogP contribution in [-0.2, 0) is 9.53 Å². The predicted molar refractivity (Wildman–Crippen MR) is 79.2 cm³/mol. The van der Waals surface area contributed by atoms with E-state index in [1.165, 1.54) is 0 Å². The van der Waals surface area contributed by atoms with Crippen molar-refractivity contribution in [1.29, 1.82) is 0 Å². The summed E-state index contributed by atoms with van der Waals surface area (Å²) in [5.41, 5.74) is 1.10. The van der Waals surface area contributed by atoms with Crippen molar-refractivity contribution in [3.05, 3.63) is 23.9 Å². The molecular weight excluding hydrogens is 268 g/mol. The largest absolute Gasteiger partial charge is 0.368 e. The third-order valence-electron chi connectivity index (χ3n) is 4.26. The summed E-state index contributed by atoms with van der Waals surface area (Å²) < 4.78 is 7.33. The normalized spacial score (nSPS) is 17.8. The van der Waals surface area contributed by atoms with Crippen LogP contribution < -0.4 is 5.32 Å². The lowest BCUT2D eigenvalue weighted by molar-refractivity contribution is -0.141. The summed E-state index contributed by atoms with van der Waals surface area (Å²) in [6.07, 6.45) is 6.56. The number of nitrogens with zero attached hydrogens (tertiary/aromatic N) is 3. The number of carbonyl (C=O) groups excluding carboxylic acids is 1. The fourth-order valence-electron chi connectivity index (χ4n) is 2.94. The molecule has 0 saturated heterocycles. The fourth-order valence-corrected chi connectivity index (χ4v) is 2.94. The lowest BCUT2D eigenvalue weighted by atomic mass is 9.84. The van der Waals surface area contributed by atoms with Gasteiger partial charge in [0.2, 0.25) is 5.95 Å². The molecule has 0 unspecified atom stereocenters. The molecule has 2 aromatic rings. The van der Waals surface area contributed by atoms with Gasteiger partial charge in [-0.15, -0.1) is 10.2 Å². The van der Waals surface area contributed by atoms with Crippen molar-refractivity contribution in [2.75, 3.05) is 12.4 Å². The van der Waals surface area contributed by atoms with Gasteiger partial charge in [-0.2, -0.15) is 0 Å². The fraction of sp³-hybridized carbons (Fsp3) is 0.533. The Balaban J connectivity index is 1.85. The summed E-state index contributed by atoms with van der Waals surface area (Å²) in [6.45, 7) is 1.99. The highest BCUT2D eigenvalue weighted by Crippen LogP contribution is 2.32. The van der Waals surface area contributed by atoms with E-state index in [0.29, 0.717) is 5.95 Å². The lowest BCUT2D eigenvalue weighted by Crippen LogP contribution is -2.46. The zero-order chi connectivity index (χ0) is 14.9. The van der Waals surface area contributed by atoms with Crippen LogP contribution in [0.2, 0.25) is 0 Å². The standard InChI is InChI=1S/C15H20N4O2/c1-11-6-9-19-12(10-11)17-18-14(19)16-13(20)15(21-2)7-4-3-5-8-15/h6,9-10H,3-5,7-8H2,1-2H3,(H,16,18,20). The van der Waals surface area contributed by atoms with Gasteiger partial charge in [0.1, 0.15) is 5.60 Å². The van der Waals surface area contributed by atoms with E-state index in [-0.39, 0.29) is 5.91 Å². The van der Waals surface area contributed by atoms with Crippen LogP contribution >= 0.6 is 0 Å². The molecule has 1 aliphatic carbocycles. The number of hydrogen-bond donors (Lipinski definition) is 1. The number of carbonyl (C=O) groups is 1. The number of nitrogens with one attached hydrogen (secondary N) is 1. The first kappa shape index (κ1) is 14.0. The minimum Gasteiger partial charge on any atom is -0.368 e. The summed E-state index contributed by atoms with van der Waals surface area (Å²) in [5, 5.41) is 11.0. The van der Waals surface area contributed by atoms with Crippen molar-refractivity contribution < 1.29 is 9.53 Å². The molecule has 0 aromatic carbocycles. The summed E-state index contributed by atoms with van der Waals surface area (Å²) in [5.74, 6) is 0.316. The number of hydrogen-bond acceptors (Lipinski definition) is 4. The van der Waals surface area contributed by atoms with E-state index in [1.54, 1.807) is 11.5 Å². The highest BCUT2D eigenvalue weighted by atomic mass is 16.5. The van der Waals surface area contributed by atoms with Gasteiger partial charge in [0.15, 0.2) is 5.65 Å². The van der Waals surface area contributed by atoms with Crippen LogP contribution in [0.1, 0.15) is 37.7 Å². The van der Waals surface area contributed by atoms with E-state index >= 15 is 0 Å². The molecular formula is C15H20N4O2. The third-order valence-corrected chi connectivity index (χ3v) is 4.26. The van der Waals surface area contributed by atoms with Gasteiger partial charge < -0.3 is 4.74 Å². The van der Waals surface area contributed by atoms with Crippen molar-refractivity contribution >= 4 is 17.5 Å². The first-order valence-electron chi connectivity index (χ1n) is 7.33. The molecule has 112 valence electrons. The van der Waals surface area contributed by atoms with Crippen molar-refractivity contribution in [2.24, 2.45) is 0 Å². The molecule has 6 heteroatoms. The molecule has 3 rings (SSSR count). The second-order valence-corrected chi connectivity index (χ2v) is 5.67. The molecule has 2 heterocycles. The summed E-state index contributed by atoms with van der Waals surface area (Å²) in [4.78, 5) is 12.6. The van der Waals surface area contributed by atoms with Crippen LogP contribution in [0.4, 0.5) is 5.95 Å². The quantitative estimate of drug-likeness (QED) is 0.941. The SMILES string of the molecule is COC1(C(=O)Nc2nnc3cc(C)ccn23)CCCCC1. The van der Waals surface area contributed by atoms with Crippen LogP contribution in [0.5, 0.6) is 0 Å². The Hall–Kier alpha value is -1.95. The Morgan fingerprint density at radius 1 is 1.33 bits per heavy atom. The lowest BCUT2D eigenvalue weighted by Gasteiger charge is -2.33. The first-order chi connectivity index (χ1) is 10.1. The number of rotatable bonds is 3. The van der Waals surface area contributed by atoms with Gasteiger partial charge >= 0.3 is 0 Å². The monoisotopic (exact) mass is 288 g/mol. The van der Waals surface area contributed by atoms with Crippen molar-refractivity contribution in [2.45, 2.75) is 44.6 Å². The van der Waals surface area contributed by atoms with E-state index in [4.69, 9.17) is 4.74 Å². The van der Waals surface area contributed by atoms with Gasteiger partial charge in [0.05, 0.1) is 0 Å². The van der Waals surface area contributed by atoms with Gasteiger partial charge in [0, 0.05) is 13.3 Å². The zero-order valence-electron chi connectivity index (χ0n) is 12.4. The summed E-state index contributed by atoms with van der Waals surface area (Å²) in [7, 11) is 1.61. The Kier molecular flexibility index (Phi) is 3.63. The number of ether oxygens (including phenoxy) is 1. The number of anilines is 1. The third kappa shape index (κ3) is 2.51. The molecule has 6 nitrogen and oxygen atoms in total. The van der Waals surface area contributed by atoms with Crippen LogP contribution in [0.25, 0.3) is 5.65 Å². The van der Waals surface area contributed by atoms with E-state index in [0.717, 1.165) is 43.3 Å². The molecule has 0 radical (unpaired) electrons. The molecule has 1 saturated carbocycles. The van der Waals surface area contributed by atoms with Crippen molar-refractivity contribution in [3.8, 4) is 0 Å². The van der Waals surface area contributed by atoms with Gasteiger partial charge in [-0.25, -0.2) is 0 Å². The summed E-state index contributed by atoms with van der Waals surface area (Å²) in [6, 6.07) is 3.88. The molecule has 21 heavy (non-hydrogen) atoms. The number of amides is 1.